The number of esters is 2. The first-order chi connectivity index (χ1) is 7.06. The van der Waals surface area contributed by atoms with Crippen molar-refractivity contribution in [3.63, 3.8) is 0 Å². The lowest BCUT2D eigenvalue weighted by molar-refractivity contribution is -0.141. The topological polar surface area (TPSA) is 64.6 Å². The Bertz CT molecular complexity index is 238. The number of nitrogens with one attached hydrogen (secondary N) is 1. The zero-order chi connectivity index (χ0) is 11.7. The van der Waals surface area contributed by atoms with Crippen LogP contribution in [-0.4, -0.2) is 31.2 Å². The molecular formula is C10H17NO4. The molecule has 86 valence electrons. The van der Waals surface area contributed by atoms with Gasteiger partial charge < -0.3 is 14.8 Å². The molecule has 15 heavy (non-hydrogen) atoms. The third-order valence-electron chi connectivity index (χ3n) is 1.42. The molecule has 0 bridgehead atoms. The molecule has 1 atom stereocenters. The Balaban J connectivity index is 3.65. The van der Waals surface area contributed by atoms with Crippen molar-refractivity contribution in [3.05, 3.63) is 12.3 Å². The Labute approximate surface area is 89.4 Å². The summed E-state index contributed by atoms with van der Waals surface area (Å²) in [6, 6.07) is -0.0421. The summed E-state index contributed by atoms with van der Waals surface area (Å²) >= 11 is 0. The van der Waals surface area contributed by atoms with Crippen LogP contribution in [0.1, 0.15) is 20.8 Å². The van der Waals surface area contributed by atoms with Crippen molar-refractivity contribution in [2.24, 2.45) is 0 Å². The van der Waals surface area contributed by atoms with Gasteiger partial charge in [0.05, 0.1) is 12.6 Å². The summed E-state index contributed by atoms with van der Waals surface area (Å²) in [4.78, 5) is 21.3. The molecule has 0 aliphatic rings. The first-order valence-corrected chi connectivity index (χ1v) is 4.79. The van der Waals surface area contributed by atoms with Gasteiger partial charge in [-0.15, -0.1) is 0 Å². The first kappa shape index (κ1) is 13.5. The van der Waals surface area contributed by atoms with Gasteiger partial charge in [0.2, 0.25) is 0 Å². The summed E-state index contributed by atoms with van der Waals surface area (Å²) in [5.41, 5.74) is 0. The van der Waals surface area contributed by atoms with Crippen molar-refractivity contribution in [3.8, 4) is 0 Å². The summed E-state index contributed by atoms with van der Waals surface area (Å²) in [6.45, 7) is 5.54. The van der Waals surface area contributed by atoms with Crippen LogP contribution in [0.15, 0.2) is 12.3 Å². The Morgan fingerprint density at radius 2 is 2.07 bits per heavy atom. The molecule has 0 radical (unpaired) electrons. The fraction of sp³-hybridized carbons (Fsp3) is 0.600. The van der Waals surface area contributed by atoms with Crippen LogP contribution in [-0.2, 0) is 19.1 Å². The average Bonchev–Trinajstić information content (AvgIpc) is 2.15. The fourth-order valence-electron chi connectivity index (χ4n) is 0.761. The summed E-state index contributed by atoms with van der Waals surface area (Å²) in [5, 5.41) is 2.87. The maximum atomic E-state index is 10.9. The van der Waals surface area contributed by atoms with Gasteiger partial charge in [0.1, 0.15) is 6.61 Å². The van der Waals surface area contributed by atoms with E-state index < -0.39 is 5.97 Å². The molecule has 0 spiro atoms. The second kappa shape index (κ2) is 7.84. The molecule has 0 fully saturated rings. The minimum absolute atomic E-state index is 0.0421. The number of carbonyl (C=O) groups is 2. The lowest BCUT2D eigenvalue weighted by atomic mass is 10.4. The molecule has 0 aromatic rings. The van der Waals surface area contributed by atoms with Crippen LogP contribution < -0.4 is 5.32 Å². The van der Waals surface area contributed by atoms with Crippen molar-refractivity contribution in [2.75, 3.05) is 13.2 Å². The van der Waals surface area contributed by atoms with Gasteiger partial charge in [-0.05, 0) is 13.8 Å². The molecule has 1 N–H and O–H groups in total. The van der Waals surface area contributed by atoms with Crippen molar-refractivity contribution in [2.45, 2.75) is 26.8 Å². The molecule has 0 aliphatic carbocycles. The van der Waals surface area contributed by atoms with Gasteiger partial charge in [-0.1, -0.05) is 0 Å². The van der Waals surface area contributed by atoms with Crippen molar-refractivity contribution in [1.82, 2.24) is 5.32 Å². The molecule has 0 aromatic carbocycles. The largest absolute Gasteiger partial charge is 0.464 e. The van der Waals surface area contributed by atoms with Gasteiger partial charge in [-0.3, -0.25) is 4.79 Å². The van der Waals surface area contributed by atoms with E-state index in [4.69, 9.17) is 4.74 Å². The second-order valence-electron chi connectivity index (χ2n) is 2.96. The second-order valence-corrected chi connectivity index (χ2v) is 2.96. The maximum Gasteiger partial charge on any atom is 0.332 e. The summed E-state index contributed by atoms with van der Waals surface area (Å²) in [7, 11) is 0. The fourth-order valence-corrected chi connectivity index (χ4v) is 0.761. The molecule has 0 rings (SSSR count). The molecular weight excluding hydrogens is 198 g/mol. The number of hydrogen-bond acceptors (Lipinski definition) is 5. The number of hydrogen-bond donors (Lipinski definition) is 1. The van der Waals surface area contributed by atoms with Crippen LogP contribution in [0.2, 0.25) is 0 Å². The molecule has 5 heteroatoms. The Morgan fingerprint density at radius 3 is 2.60 bits per heavy atom. The number of ether oxygens (including phenoxy) is 2. The van der Waals surface area contributed by atoms with Crippen molar-refractivity contribution >= 4 is 11.9 Å². The predicted molar refractivity (Wildman–Crippen MR) is 55.0 cm³/mol. The van der Waals surface area contributed by atoms with Crippen LogP contribution in [0, 0.1) is 0 Å². The standard InChI is InChI=1S/C10H17NO4/c1-4-14-10(13)5-6-11-8(2)7-15-9(3)12/h5-6,8,11H,4,7H2,1-3H3/t8-/m0/s1. The Hall–Kier alpha value is -1.52. The van der Waals surface area contributed by atoms with E-state index in [-0.39, 0.29) is 18.6 Å². The summed E-state index contributed by atoms with van der Waals surface area (Å²) in [6.07, 6.45) is 2.76. The van der Waals surface area contributed by atoms with Crippen molar-refractivity contribution in [1.29, 1.82) is 0 Å². The smallest absolute Gasteiger partial charge is 0.332 e. The highest BCUT2D eigenvalue weighted by Crippen LogP contribution is 1.86. The highest BCUT2D eigenvalue weighted by molar-refractivity contribution is 5.81. The van der Waals surface area contributed by atoms with Gasteiger partial charge in [-0.2, -0.15) is 0 Å². The molecule has 0 aromatic heterocycles. The van der Waals surface area contributed by atoms with E-state index in [1.54, 1.807) is 6.92 Å². The van der Waals surface area contributed by atoms with E-state index in [9.17, 15) is 9.59 Å². The highest BCUT2D eigenvalue weighted by atomic mass is 16.5. The maximum absolute atomic E-state index is 10.9. The van der Waals surface area contributed by atoms with Crippen LogP contribution >= 0.6 is 0 Å². The minimum Gasteiger partial charge on any atom is -0.464 e. The average molecular weight is 215 g/mol. The van der Waals surface area contributed by atoms with Gasteiger partial charge in [-0.25, -0.2) is 4.79 Å². The number of carbonyl (C=O) groups excluding carboxylic acids is 2. The molecule has 0 saturated heterocycles. The minimum atomic E-state index is -0.398. The van der Waals surface area contributed by atoms with E-state index in [1.165, 1.54) is 19.2 Å². The van der Waals surface area contributed by atoms with Crippen LogP contribution in [0.25, 0.3) is 0 Å². The molecule has 0 unspecified atom stereocenters. The molecule has 0 amide bonds. The zero-order valence-corrected chi connectivity index (χ0v) is 9.28. The van der Waals surface area contributed by atoms with Gasteiger partial charge in [0.25, 0.3) is 0 Å². The summed E-state index contributed by atoms with van der Waals surface area (Å²) in [5.74, 6) is -0.720. The van der Waals surface area contributed by atoms with Crippen LogP contribution in [0.4, 0.5) is 0 Å². The zero-order valence-electron chi connectivity index (χ0n) is 9.28. The Morgan fingerprint density at radius 1 is 1.40 bits per heavy atom. The van der Waals surface area contributed by atoms with E-state index in [0.717, 1.165) is 0 Å². The van der Waals surface area contributed by atoms with E-state index in [1.807, 2.05) is 6.92 Å². The monoisotopic (exact) mass is 215 g/mol. The van der Waals surface area contributed by atoms with E-state index in [2.05, 4.69) is 10.1 Å². The summed E-state index contributed by atoms with van der Waals surface area (Å²) < 4.78 is 9.43. The number of rotatable bonds is 6. The van der Waals surface area contributed by atoms with E-state index >= 15 is 0 Å². The van der Waals surface area contributed by atoms with Gasteiger partial charge in [0, 0.05) is 19.2 Å². The third-order valence-corrected chi connectivity index (χ3v) is 1.42. The molecule has 0 aliphatic heterocycles. The third kappa shape index (κ3) is 8.80. The van der Waals surface area contributed by atoms with Crippen LogP contribution in [0.5, 0.6) is 0 Å². The highest BCUT2D eigenvalue weighted by Gasteiger charge is 2.01. The lowest BCUT2D eigenvalue weighted by Gasteiger charge is -2.10. The first-order valence-electron chi connectivity index (χ1n) is 4.79. The molecule has 0 saturated carbocycles. The quantitative estimate of drug-likeness (QED) is 0.519. The molecule has 5 nitrogen and oxygen atoms in total. The molecule has 0 heterocycles. The van der Waals surface area contributed by atoms with Gasteiger partial charge in [0.15, 0.2) is 0 Å². The van der Waals surface area contributed by atoms with Crippen LogP contribution in [0.3, 0.4) is 0 Å². The van der Waals surface area contributed by atoms with Gasteiger partial charge >= 0.3 is 11.9 Å². The van der Waals surface area contributed by atoms with Crippen molar-refractivity contribution < 1.29 is 19.1 Å². The predicted octanol–water partition coefficient (Wildman–Crippen LogP) is 0.604. The Kier molecular flexibility index (Phi) is 7.05. The lowest BCUT2D eigenvalue weighted by Crippen LogP contribution is -2.27. The van der Waals surface area contributed by atoms with E-state index in [0.29, 0.717) is 6.61 Å². The normalized spacial score (nSPS) is 12.2. The SMILES string of the molecule is CCOC(=O)C=CN[C@@H](C)COC(C)=O.